The van der Waals surface area contributed by atoms with Gasteiger partial charge in [-0.15, -0.1) is 0 Å². The molecule has 0 N–H and O–H groups in total. The Labute approximate surface area is 122 Å². The highest BCUT2D eigenvalue weighted by atomic mass is 79.9. The van der Waals surface area contributed by atoms with Crippen LogP contribution in [0.1, 0.15) is 31.4 Å². The number of benzene rings is 1. The summed E-state index contributed by atoms with van der Waals surface area (Å²) in [7, 11) is 0. The molecule has 0 aliphatic carbocycles. The molecule has 0 amide bonds. The molecule has 0 heterocycles. The van der Waals surface area contributed by atoms with Crippen molar-refractivity contribution in [2.45, 2.75) is 33.6 Å². The van der Waals surface area contributed by atoms with Crippen LogP contribution in [0.25, 0.3) is 0 Å². The van der Waals surface area contributed by atoms with Crippen LogP contribution in [0.5, 0.6) is 0 Å². The molecule has 0 spiro atoms. The number of hydrogen-bond acceptors (Lipinski definition) is 0. The van der Waals surface area contributed by atoms with Crippen molar-refractivity contribution in [1.82, 2.24) is 0 Å². The van der Waals surface area contributed by atoms with Gasteiger partial charge in [0.1, 0.15) is 0 Å². The van der Waals surface area contributed by atoms with Gasteiger partial charge in [-0.1, -0.05) is 75.5 Å². The predicted molar refractivity (Wildman–Crippen MR) is 84.4 cm³/mol. The van der Waals surface area contributed by atoms with Crippen LogP contribution in [0, 0.1) is 18.3 Å². The largest absolute Gasteiger partial charge is 0.0922 e. The molecule has 2 heteroatoms. The van der Waals surface area contributed by atoms with Crippen LogP contribution in [0.2, 0.25) is 0 Å². The van der Waals surface area contributed by atoms with E-state index in [1.807, 2.05) is 0 Å². The second kappa shape index (κ2) is 6.94. The summed E-state index contributed by atoms with van der Waals surface area (Å²) < 4.78 is 0. The van der Waals surface area contributed by atoms with Gasteiger partial charge in [-0.25, -0.2) is 0 Å². The van der Waals surface area contributed by atoms with Gasteiger partial charge in [0.2, 0.25) is 0 Å². The van der Waals surface area contributed by atoms with Crippen molar-refractivity contribution in [2.75, 3.05) is 10.7 Å². The highest BCUT2D eigenvalue weighted by Gasteiger charge is 2.29. The van der Waals surface area contributed by atoms with Gasteiger partial charge in [0.25, 0.3) is 0 Å². The Hall–Kier alpha value is 0.180. The van der Waals surface area contributed by atoms with Crippen LogP contribution in [0.15, 0.2) is 24.3 Å². The Bertz CT molecular complexity index is 323. The van der Waals surface area contributed by atoms with E-state index in [0.717, 1.165) is 23.0 Å². The van der Waals surface area contributed by atoms with Crippen molar-refractivity contribution in [1.29, 1.82) is 0 Å². The van der Waals surface area contributed by atoms with Gasteiger partial charge in [0.05, 0.1) is 0 Å². The summed E-state index contributed by atoms with van der Waals surface area (Å²) >= 11 is 7.41. The van der Waals surface area contributed by atoms with Crippen LogP contribution in [-0.4, -0.2) is 10.7 Å². The van der Waals surface area contributed by atoms with E-state index < -0.39 is 0 Å². The molecule has 0 aromatic heterocycles. The summed E-state index contributed by atoms with van der Waals surface area (Å²) in [5, 5.41) is 2.11. The molecule has 1 aromatic carbocycles. The van der Waals surface area contributed by atoms with Crippen molar-refractivity contribution >= 4 is 31.9 Å². The van der Waals surface area contributed by atoms with Crippen molar-refractivity contribution in [3.8, 4) is 0 Å². The Morgan fingerprint density at radius 3 is 2.00 bits per heavy atom. The quantitative estimate of drug-likeness (QED) is 0.598. The SMILES string of the molecule is Cc1ccc(CC(CBr)(CBr)CC(C)C)cc1. The van der Waals surface area contributed by atoms with Crippen molar-refractivity contribution in [2.24, 2.45) is 11.3 Å². The summed E-state index contributed by atoms with van der Waals surface area (Å²) in [5.74, 6) is 0.732. The van der Waals surface area contributed by atoms with Crippen molar-refractivity contribution in [3.63, 3.8) is 0 Å². The van der Waals surface area contributed by atoms with Crippen LogP contribution < -0.4 is 0 Å². The lowest BCUT2D eigenvalue weighted by Crippen LogP contribution is -2.29. The van der Waals surface area contributed by atoms with Crippen molar-refractivity contribution < 1.29 is 0 Å². The Balaban J connectivity index is 2.82. The summed E-state index contributed by atoms with van der Waals surface area (Å²) in [6.07, 6.45) is 2.39. The Kier molecular flexibility index (Phi) is 6.22. The van der Waals surface area contributed by atoms with Gasteiger partial charge in [-0.05, 0) is 36.7 Å². The van der Waals surface area contributed by atoms with E-state index >= 15 is 0 Å². The first-order valence-electron chi connectivity index (χ1n) is 6.19. The molecule has 0 unspecified atom stereocenters. The topological polar surface area (TPSA) is 0 Å². The predicted octanol–water partition coefficient (Wildman–Crippen LogP) is 5.36. The average molecular weight is 362 g/mol. The molecule has 0 aliphatic rings. The standard InChI is InChI=1S/C15H22Br2/c1-12(2)8-15(10-16,11-17)9-14-6-4-13(3)5-7-14/h4-7,12H,8-11H2,1-3H3. The van der Waals surface area contributed by atoms with Gasteiger partial charge >= 0.3 is 0 Å². The molecule has 1 aromatic rings. The van der Waals surface area contributed by atoms with E-state index in [0.29, 0.717) is 5.41 Å². The molecule has 0 aliphatic heterocycles. The molecular formula is C15H22Br2. The molecule has 0 radical (unpaired) electrons. The van der Waals surface area contributed by atoms with Gasteiger partial charge < -0.3 is 0 Å². The Morgan fingerprint density at radius 2 is 1.59 bits per heavy atom. The number of halogens is 2. The summed E-state index contributed by atoms with van der Waals surface area (Å²) in [6.45, 7) is 6.74. The fourth-order valence-corrected chi connectivity index (χ4v) is 4.10. The minimum absolute atomic E-state index is 0.337. The van der Waals surface area contributed by atoms with E-state index in [-0.39, 0.29) is 0 Å². The lowest BCUT2D eigenvalue weighted by atomic mass is 9.79. The summed E-state index contributed by atoms with van der Waals surface area (Å²) in [6, 6.07) is 8.93. The molecule has 96 valence electrons. The molecule has 1 rings (SSSR count). The van der Waals surface area contributed by atoms with E-state index in [2.05, 4.69) is 76.9 Å². The van der Waals surface area contributed by atoms with E-state index in [1.165, 1.54) is 17.5 Å². The highest BCUT2D eigenvalue weighted by Crippen LogP contribution is 2.34. The molecule has 0 bridgehead atoms. The number of hydrogen-bond donors (Lipinski definition) is 0. The maximum absolute atomic E-state index is 3.70. The van der Waals surface area contributed by atoms with Crippen molar-refractivity contribution in [3.05, 3.63) is 35.4 Å². The first-order valence-corrected chi connectivity index (χ1v) is 8.43. The fraction of sp³-hybridized carbons (Fsp3) is 0.600. The van der Waals surface area contributed by atoms with Crippen LogP contribution in [-0.2, 0) is 6.42 Å². The van der Waals surface area contributed by atoms with Gasteiger partial charge in [0, 0.05) is 10.7 Å². The van der Waals surface area contributed by atoms with E-state index in [1.54, 1.807) is 0 Å². The third-order valence-corrected chi connectivity index (χ3v) is 5.49. The van der Waals surface area contributed by atoms with Crippen LogP contribution in [0.3, 0.4) is 0 Å². The van der Waals surface area contributed by atoms with Crippen LogP contribution >= 0.6 is 31.9 Å². The first-order chi connectivity index (χ1) is 8.01. The average Bonchev–Trinajstić information content (AvgIpc) is 2.30. The fourth-order valence-electron chi connectivity index (χ4n) is 2.32. The molecule has 0 saturated carbocycles. The molecule has 0 fully saturated rings. The van der Waals surface area contributed by atoms with Crippen LogP contribution in [0.4, 0.5) is 0 Å². The number of rotatable bonds is 6. The lowest BCUT2D eigenvalue weighted by molar-refractivity contribution is 0.304. The van der Waals surface area contributed by atoms with E-state index in [4.69, 9.17) is 0 Å². The van der Waals surface area contributed by atoms with Gasteiger partial charge in [-0.2, -0.15) is 0 Å². The minimum Gasteiger partial charge on any atom is -0.0922 e. The normalized spacial score (nSPS) is 12.1. The number of alkyl halides is 2. The second-order valence-corrected chi connectivity index (χ2v) is 6.65. The molecule has 0 atom stereocenters. The Morgan fingerprint density at radius 1 is 1.06 bits per heavy atom. The van der Waals surface area contributed by atoms with E-state index in [9.17, 15) is 0 Å². The zero-order valence-corrected chi connectivity index (χ0v) is 14.1. The van der Waals surface area contributed by atoms with Gasteiger partial charge in [-0.3, -0.25) is 0 Å². The lowest BCUT2D eigenvalue weighted by Gasteiger charge is -2.32. The molecule has 17 heavy (non-hydrogen) atoms. The minimum atomic E-state index is 0.337. The molecule has 0 nitrogen and oxygen atoms in total. The zero-order valence-electron chi connectivity index (χ0n) is 11.0. The first kappa shape index (κ1) is 15.2. The second-order valence-electron chi connectivity index (χ2n) is 5.53. The molecule has 0 saturated heterocycles. The summed E-state index contributed by atoms with van der Waals surface area (Å²) in [5.41, 5.74) is 3.11. The monoisotopic (exact) mass is 360 g/mol. The maximum atomic E-state index is 3.70. The third kappa shape index (κ3) is 4.75. The van der Waals surface area contributed by atoms with Gasteiger partial charge in [0.15, 0.2) is 0 Å². The third-order valence-electron chi connectivity index (χ3n) is 3.11. The maximum Gasteiger partial charge on any atom is 0.00992 e. The molecular weight excluding hydrogens is 340 g/mol. The zero-order chi connectivity index (χ0) is 12.9. The number of aryl methyl sites for hydroxylation is 1. The smallest absolute Gasteiger partial charge is 0.00992 e. The highest BCUT2D eigenvalue weighted by molar-refractivity contribution is 9.09. The summed E-state index contributed by atoms with van der Waals surface area (Å²) in [4.78, 5) is 0.